The van der Waals surface area contributed by atoms with Gasteiger partial charge in [-0.25, -0.2) is 0 Å². The summed E-state index contributed by atoms with van der Waals surface area (Å²) in [7, 11) is 0. The maximum Gasteiger partial charge on any atom is 0.418 e. The molecule has 1 N–H and O–H groups in total. The summed E-state index contributed by atoms with van der Waals surface area (Å²) in [4.78, 5) is 13.5. The predicted octanol–water partition coefficient (Wildman–Crippen LogP) is 2.61. The van der Waals surface area contributed by atoms with Gasteiger partial charge >= 0.3 is 6.18 Å². The van der Waals surface area contributed by atoms with Gasteiger partial charge in [0.1, 0.15) is 0 Å². The van der Waals surface area contributed by atoms with E-state index in [9.17, 15) is 18.0 Å². The second kappa shape index (κ2) is 6.04. The zero-order valence-electron chi connectivity index (χ0n) is 11.2. The lowest BCUT2D eigenvalue weighted by molar-refractivity contribution is -0.137. The van der Waals surface area contributed by atoms with Crippen LogP contribution in [0.3, 0.4) is 0 Å². The number of hydrogen-bond acceptors (Lipinski definition) is 3. The molecule has 4 nitrogen and oxygen atoms in total. The summed E-state index contributed by atoms with van der Waals surface area (Å²) < 4.78 is 38.8. The second-order valence-corrected chi connectivity index (χ2v) is 4.81. The van der Waals surface area contributed by atoms with E-state index >= 15 is 0 Å². The molecule has 1 aromatic rings. The Morgan fingerprint density at radius 1 is 1.33 bits per heavy atom. The quantitative estimate of drug-likeness (QED) is 0.933. The van der Waals surface area contributed by atoms with Crippen molar-refractivity contribution < 1.29 is 18.0 Å². The molecular formula is C14H14F3N3O. The van der Waals surface area contributed by atoms with E-state index in [-0.39, 0.29) is 23.7 Å². The molecule has 0 bridgehead atoms. The standard InChI is InChI=1S/C14H14F3N3O/c15-14(16,17)11-7-10(8-18)3-4-12(11)19-9-13(21)20-5-1-2-6-20/h3-4,7,19H,1-2,5-6,9H2. The highest BCUT2D eigenvalue weighted by Gasteiger charge is 2.34. The molecule has 1 aromatic carbocycles. The number of nitrogens with zero attached hydrogens (tertiary/aromatic N) is 2. The van der Waals surface area contributed by atoms with Gasteiger partial charge < -0.3 is 10.2 Å². The normalized spacial score (nSPS) is 14.9. The summed E-state index contributed by atoms with van der Waals surface area (Å²) in [6.07, 6.45) is -2.72. The summed E-state index contributed by atoms with van der Waals surface area (Å²) >= 11 is 0. The molecule has 112 valence electrons. The molecule has 0 unspecified atom stereocenters. The first-order valence-corrected chi connectivity index (χ1v) is 6.55. The van der Waals surface area contributed by atoms with Gasteiger partial charge in [0, 0.05) is 18.8 Å². The number of benzene rings is 1. The Hall–Kier alpha value is -2.23. The first-order valence-electron chi connectivity index (χ1n) is 6.55. The van der Waals surface area contributed by atoms with Crippen molar-refractivity contribution in [3.05, 3.63) is 29.3 Å². The van der Waals surface area contributed by atoms with Crippen LogP contribution in [0.5, 0.6) is 0 Å². The van der Waals surface area contributed by atoms with Gasteiger partial charge in [-0.2, -0.15) is 18.4 Å². The van der Waals surface area contributed by atoms with Crippen molar-refractivity contribution in [1.82, 2.24) is 4.90 Å². The molecule has 0 aromatic heterocycles. The molecule has 0 radical (unpaired) electrons. The lowest BCUT2D eigenvalue weighted by Crippen LogP contribution is -2.33. The third-order valence-electron chi connectivity index (χ3n) is 3.34. The van der Waals surface area contributed by atoms with Crippen LogP contribution in [0.25, 0.3) is 0 Å². The Kier molecular flexibility index (Phi) is 4.36. The molecule has 1 aliphatic rings. The van der Waals surface area contributed by atoms with Gasteiger partial charge in [-0.05, 0) is 31.0 Å². The molecule has 0 spiro atoms. The zero-order chi connectivity index (χ0) is 15.5. The molecule has 1 saturated heterocycles. The molecule has 0 saturated carbocycles. The van der Waals surface area contributed by atoms with Crippen molar-refractivity contribution in [3.8, 4) is 6.07 Å². The van der Waals surface area contributed by atoms with Crippen LogP contribution in [0.15, 0.2) is 18.2 Å². The fourth-order valence-corrected chi connectivity index (χ4v) is 2.25. The molecule has 1 aliphatic heterocycles. The first kappa shape index (κ1) is 15.2. The lowest BCUT2D eigenvalue weighted by atomic mass is 10.1. The summed E-state index contributed by atoms with van der Waals surface area (Å²) in [5.74, 6) is -0.218. The maximum atomic E-state index is 12.9. The van der Waals surface area contributed by atoms with Crippen molar-refractivity contribution in [2.24, 2.45) is 0 Å². The van der Waals surface area contributed by atoms with Gasteiger partial charge in [0.05, 0.1) is 23.7 Å². The van der Waals surface area contributed by atoms with Gasteiger partial charge in [0.25, 0.3) is 0 Å². The number of nitrogens with one attached hydrogen (secondary N) is 1. The highest BCUT2D eigenvalue weighted by atomic mass is 19.4. The highest BCUT2D eigenvalue weighted by molar-refractivity contribution is 5.81. The van der Waals surface area contributed by atoms with Gasteiger partial charge in [0.15, 0.2) is 0 Å². The second-order valence-electron chi connectivity index (χ2n) is 4.81. The van der Waals surface area contributed by atoms with Crippen molar-refractivity contribution in [2.75, 3.05) is 25.0 Å². The number of likely N-dealkylation sites (tertiary alicyclic amines) is 1. The molecule has 1 heterocycles. The van der Waals surface area contributed by atoms with E-state index in [2.05, 4.69) is 5.32 Å². The van der Waals surface area contributed by atoms with Crippen molar-refractivity contribution in [3.63, 3.8) is 0 Å². The monoisotopic (exact) mass is 297 g/mol. The summed E-state index contributed by atoms with van der Waals surface area (Å²) in [6, 6.07) is 4.92. The van der Waals surface area contributed by atoms with Crippen molar-refractivity contribution in [1.29, 1.82) is 5.26 Å². The van der Waals surface area contributed by atoms with Crippen LogP contribution in [-0.4, -0.2) is 30.4 Å². The fraction of sp³-hybridized carbons (Fsp3) is 0.429. The highest BCUT2D eigenvalue weighted by Crippen LogP contribution is 2.35. The third kappa shape index (κ3) is 3.66. The van der Waals surface area contributed by atoms with E-state index in [1.807, 2.05) is 0 Å². The minimum absolute atomic E-state index is 0.0706. The molecular weight excluding hydrogens is 283 g/mol. The van der Waals surface area contributed by atoms with Crippen LogP contribution >= 0.6 is 0 Å². The van der Waals surface area contributed by atoms with E-state index in [4.69, 9.17) is 5.26 Å². The number of anilines is 1. The summed E-state index contributed by atoms with van der Waals surface area (Å²) in [5, 5.41) is 11.2. The molecule has 0 atom stereocenters. The minimum Gasteiger partial charge on any atom is -0.376 e. The average Bonchev–Trinajstić information content (AvgIpc) is 2.97. The molecule has 7 heteroatoms. The number of rotatable bonds is 3. The number of amides is 1. The van der Waals surface area contributed by atoms with Crippen LogP contribution in [-0.2, 0) is 11.0 Å². The Bertz CT molecular complexity index is 572. The maximum absolute atomic E-state index is 12.9. The van der Waals surface area contributed by atoms with Gasteiger partial charge in [-0.1, -0.05) is 0 Å². The van der Waals surface area contributed by atoms with Crippen molar-refractivity contribution >= 4 is 11.6 Å². The van der Waals surface area contributed by atoms with E-state index in [0.717, 1.165) is 18.9 Å². The number of carbonyl (C=O) groups excluding carboxylic acids is 1. The number of hydrogen-bond donors (Lipinski definition) is 1. The molecule has 0 aliphatic carbocycles. The number of carbonyl (C=O) groups is 1. The van der Waals surface area contributed by atoms with Crippen LogP contribution < -0.4 is 5.32 Å². The molecule has 2 rings (SSSR count). The largest absolute Gasteiger partial charge is 0.418 e. The van der Waals surface area contributed by atoms with Crippen LogP contribution in [0, 0.1) is 11.3 Å². The van der Waals surface area contributed by atoms with Crippen molar-refractivity contribution in [2.45, 2.75) is 19.0 Å². The van der Waals surface area contributed by atoms with E-state index in [1.54, 1.807) is 11.0 Å². The van der Waals surface area contributed by atoms with Crippen LogP contribution in [0.4, 0.5) is 18.9 Å². The molecule has 21 heavy (non-hydrogen) atoms. The average molecular weight is 297 g/mol. The third-order valence-corrected chi connectivity index (χ3v) is 3.34. The van der Waals surface area contributed by atoms with Gasteiger partial charge in [0.2, 0.25) is 5.91 Å². The Labute approximate surface area is 120 Å². The Morgan fingerprint density at radius 2 is 2.00 bits per heavy atom. The van der Waals surface area contributed by atoms with E-state index in [1.165, 1.54) is 12.1 Å². The first-order chi connectivity index (χ1) is 9.91. The molecule has 1 amide bonds. The Balaban J connectivity index is 2.12. The fourth-order valence-electron chi connectivity index (χ4n) is 2.25. The SMILES string of the molecule is N#Cc1ccc(NCC(=O)N2CCCC2)c(C(F)(F)F)c1. The van der Waals surface area contributed by atoms with E-state index < -0.39 is 11.7 Å². The Morgan fingerprint density at radius 3 is 2.57 bits per heavy atom. The van der Waals surface area contributed by atoms with Gasteiger partial charge in [-0.15, -0.1) is 0 Å². The van der Waals surface area contributed by atoms with Crippen LogP contribution in [0.2, 0.25) is 0 Å². The van der Waals surface area contributed by atoms with E-state index in [0.29, 0.717) is 13.1 Å². The zero-order valence-corrected chi connectivity index (χ0v) is 11.2. The summed E-state index contributed by atoms with van der Waals surface area (Å²) in [6.45, 7) is 1.12. The topological polar surface area (TPSA) is 56.1 Å². The number of nitriles is 1. The number of halogens is 3. The molecule has 1 fully saturated rings. The predicted molar refractivity (Wildman–Crippen MR) is 70.5 cm³/mol. The minimum atomic E-state index is -4.58. The number of alkyl halides is 3. The summed E-state index contributed by atoms with van der Waals surface area (Å²) in [5.41, 5.74) is -1.19. The lowest BCUT2D eigenvalue weighted by Gasteiger charge is -2.18. The smallest absolute Gasteiger partial charge is 0.376 e. The van der Waals surface area contributed by atoms with Crippen LogP contribution in [0.1, 0.15) is 24.0 Å². The van der Waals surface area contributed by atoms with Gasteiger partial charge in [-0.3, -0.25) is 4.79 Å².